The summed E-state index contributed by atoms with van der Waals surface area (Å²) in [6.45, 7) is 2.76. The summed E-state index contributed by atoms with van der Waals surface area (Å²) in [5.41, 5.74) is 4.42. The second-order valence-electron chi connectivity index (χ2n) is 7.50. The number of aliphatic hydroxyl groups is 1. The van der Waals surface area contributed by atoms with Gasteiger partial charge in [0.25, 0.3) is 0 Å². The first-order valence-corrected chi connectivity index (χ1v) is 10.2. The second kappa shape index (κ2) is 8.88. The lowest BCUT2D eigenvalue weighted by Gasteiger charge is -2.20. The molecule has 1 aliphatic rings. The minimum absolute atomic E-state index is 0.276. The van der Waals surface area contributed by atoms with Crippen LogP contribution in [0.4, 0.5) is 5.69 Å². The summed E-state index contributed by atoms with van der Waals surface area (Å²) in [5, 5.41) is 24.2. The van der Waals surface area contributed by atoms with Gasteiger partial charge in [-0.15, -0.1) is 0 Å². The van der Waals surface area contributed by atoms with Crippen molar-refractivity contribution in [3.63, 3.8) is 0 Å². The number of nitriles is 1. The van der Waals surface area contributed by atoms with Gasteiger partial charge in [0, 0.05) is 49.0 Å². The topological polar surface area (TPSA) is 81.4 Å². The zero-order valence-corrected chi connectivity index (χ0v) is 17.5. The van der Waals surface area contributed by atoms with E-state index in [0.717, 1.165) is 40.7 Å². The molecule has 0 radical (unpaired) electrons. The zero-order chi connectivity index (χ0) is 21.1. The zero-order valence-electron chi connectivity index (χ0n) is 16.7. The first kappa shape index (κ1) is 20.4. The number of rotatable bonds is 6. The number of hydrogen-bond donors (Lipinski definition) is 2. The van der Waals surface area contributed by atoms with E-state index in [2.05, 4.69) is 21.3 Å². The number of β-amino-alcohol motifs (C(OH)–C–C–N with tert-alkyl or cyclic N) is 1. The van der Waals surface area contributed by atoms with Crippen molar-refractivity contribution in [2.45, 2.75) is 25.6 Å². The molecule has 7 heteroatoms. The summed E-state index contributed by atoms with van der Waals surface area (Å²) in [7, 11) is 1.59. The summed E-state index contributed by atoms with van der Waals surface area (Å²) >= 11 is 6.28. The normalized spacial score (nSPS) is 16.5. The summed E-state index contributed by atoms with van der Waals surface area (Å²) in [6.07, 6.45) is 2.39. The van der Waals surface area contributed by atoms with Crippen LogP contribution in [0.25, 0.3) is 10.9 Å². The molecule has 1 aliphatic heterocycles. The smallest absolute Gasteiger partial charge is 0.137 e. The average molecular weight is 423 g/mol. The van der Waals surface area contributed by atoms with Crippen LogP contribution in [0.3, 0.4) is 0 Å². The van der Waals surface area contributed by atoms with Crippen LogP contribution < -0.4 is 10.1 Å². The number of benzene rings is 2. The molecule has 1 fully saturated rings. The van der Waals surface area contributed by atoms with Crippen molar-refractivity contribution in [1.82, 2.24) is 9.88 Å². The Morgan fingerprint density at radius 1 is 1.33 bits per heavy atom. The maximum absolute atomic E-state index is 9.88. The highest BCUT2D eigenvalue weighted by Gasteiger charge is 2.22. The van der Waals surface area contributed by atoms with Crippen LogP contribution in [-0.4, -0.2) is 41.3 Å². The molecule has 0 saturated carbocycles. The summed E-state index contributed by atoms with van der Waals surface area (Å²) in [5.74, 6) is 0.640. The second-order valence-corrected chi connectivity index (χ2v) is 7.91. The molecule has 1 atom stereocenters. The van der Waals surface area contributed by atoms with E-state index in [0.29, 0.717) is 36.0 Å². The molecule has 30 heavy (non-hydrogen) atoms. The van der Waals surface area contributed by atoms with Gasteiger partial charge in [-0.3, -0.25) is 9.88 Å². The van der Waals surface area contributed by atoms with Crippen molar-refractivity contribution in [3.05, 3.63) is 64.3 Å². The molecule has 0 aliphatic carbocycles. The number of nitrogens with one attached hydrogen (secondary N) is 1. The van der Waals surface area contributed by atoms with Crippen LogP contribution in [0, 0.1) is 11.3 Å². The number of pyridine rings is 1. The number of likely N-dealkylation sites (tertiary alicyclic amines) is 1. The minimum atomic E-state index is -0.276. The Labute approximate surface area is 180 Å². The number of halogens is 1. The van der Waals surface area contributed by atoms with Gasteiger partial charge in [-0.25, -0.2) is 0 Å². The molecule has 6 nitrogen and oxygen atoms in total. The molecule has 2 aromatic carbocycles. The van der Waals surface area contributed by atoms with Crippen molar-refractivity contribution >= 4 is 28.2 Å². The predicted octanol–water partition coefficient (Wildman–Crippen LogP) is 3.95. The van der Waals surface area contributed by atoms with E-state index in [9.17, 15) is 10.4 Å². The van der Waals surface area contributed by atoms with Crippen molar-refractivity contribution < 1.29 is 9.84 Å². The lowest BCUT2D eigenvalue weighted by atomic mass is 10.1. The molecule has 0 amide bonds. The van der Waals surface area contributed by atoms with Gasteiger partial charge in [-0.1, -0.05) is 17.7 Å². The molecule has 0 spiro atoms. The largest absolute Gasteiger partial charge is 0.495 e. The van der Waals surface area contributed by atoms with E-state index in [1.165, 1.54) is 0 Å². The fraction of sp³-hybridized carbons (Fsp3) is 0.304. The van der Waals surface area contributed by atoms with Crippen molar-refractivity contribution in [1.29, 1.82) is 5.26 Å². The Balaban J connectivity index is 1.67. The third-order valence-electron chi connectivity index (χ3n) is 5.40. The average Bonchev–Trinajstić information content (AvgIpc) is 3.17. The molecule has 3 aromatic rings. The Morgan fingerprint density at radius 2 is 2.20 bits per heavy atom. The van der Waals surface area contributed by atoms with E-state index in [-0.39, 0.29) is 6.10 Å². The van der Waals surface area contributed by atoms with Gasteiger partial charge in [-0.2, -0.15) is 5.26 Å². The fourth-order valence-corrected chi connectivity index (χ4v) is 4.12. The summed E-state index contributed by atoms with van der Waals surface area (Å²) in [4.78, 5) is 6.81. The highest BCUT2D eigenvalue weighted by Crippen LogP contribution is 2.30. The minimum Gasteiger partial charge on any atom is -0.495 e. The molecule has 0 unspecified atom stereocenters. The molecule has 1 saturated heterocycles. The molecule has 2 N–H and O–H groups in total. The SMILES string of the molecule is COc1ccc(CNc2c(CN3CC[C@@H](O)C3)cnc3ccc(C#N)cc23)cc1Cl. The first-order chi connectivity index (χ1) is 14.6. The molecule has 4 rings (SSSR count). The number of fused-ring (bicyclic) bond motifs is 1. The maximum atomic E-state index is 9.88. The van der Waals surface area contributed by atoms with Crippen molar-refractivity contribution in [2.24, 2.45) is 0 Å². The van der Waals surface area contributed by atoms with Crippen molar-refractivity contribution in [2.75, 3.05) is 25.5 Å². The lowest BCUT2D eigenvalue weighted by molar-refractivity contribution is 0.175. The molecule has 1 aromatic heterocycles. The van der Waals surface area contributed by atoms with Crippen LogP contribution in [0.2, 0.25) is 5.02 Å². The Hall–Kier alpha value is -2.85. The molecule has 0 bridgehead atoms. The van der Waals surface area contributed by atoms with Gasteiger partial charge in [-0.05, 0) is 42.3 Å². The van der Waals surface area contributed by atoms with Gasteiger partial charge in [0.1, 0.15) is 5.75 Å². The lowest BCUT2D eigenvalue weighted by Crippen LogP contribution is -2.22. The number of aromatic nitrogens is 1. The van der Waals surface area contributed by atoms with Gasteiger partial charge in [0.15, 0.2) is 0 Å². The van der Waals surface area contributed by atoms with Gasteiger partial charge in [0.2, 0.25) is 0 Å². The van der Waals surface area contributed by atoms with E-state index in [1.54, 1.807) is 13.2 Å². The van der Waals surface area contributed by atoms with Gasteiger partial charge in [0.05, 0.1) is 35.4 Å². The van der Waals surface area contributed by atoms with E-state index in [1.807, 2.05) is 36.5 Å². The fourth-order valence-electron chi connectivity index (χ4n) is 3.84. The molecule has 2 heterocycles. The highest BCUT2D eigenvalue weighted by molar-refractivity contribution is 6.32. The number of anilines is 1. The number of ether oxygens (including phenoxy) is 1. The van der Waals surface area contributed by atoms with Crippen LogP contribution >= 0.6 is 11.6 Å². The predicted molar refractivity (Wildman–Crippen MR) is 118 cm³/mol. The Kier molecular flexibility index (Phi) is 6.05. The number of methoxy groups -OCH3 is 1. The first-order valence-electron chi connectivity index (χ1n) is 9.86. The summed E-state index contributed by atoms with van der Waals surface area (Å²) in [6, 6.07) is 13.4. The number of nitrogens with zero attached hydrogens (tertiary/aromatic N) is 3. The molecule has 154 valence electrons. The Bertz CT molecular complexity index is 1110. The van der Waals surface area contributed by atoms with Gasteiger partial charge < -0.3 is 15.2 Å². The number of aliphatic hydroxyl groups excluding tert-OH is 1. The van der Waals surface area contributed by atoms with E-state index >= 15 is 0 Å². The maximum Gasteiger partial charge on any atom is 0.137 e. The van der Waals surface area contributed by atoms with Crippen molar-refractivity contribution in [3.8, 4) is 11.8 Å². The van der Waals surface area contributed by atoms with Gasteiger partial charge >= 0.3 is 0 Å². The van der Waals surface area contributed by atoms with Crippen LogP contribution in [0.15, 0.2) is 42.6 Å². The third kappa shape index (κ3) is 4.34. The molecular formula is C23H23ClN4O2. The Morgan fingerprint density at radius 3 is 2.90 bits per heavy atom. The quantitative estimate of drug-likeness (QED) is 0.626. The standard InChI is InChI=1S/C23H23ClN4O2/c1-30-22-5-3-16(9-20(22)24)11-27-23-17(13-28-7-6-18(29)14-28)12-26-21-4-2-15(10-25)8-19(21)23/h2-5,8-9,12,18,29H,6-7,11,13-14H2,1H3,(H,26,27)/t18-/m1/s1. The van der Waals surface area contributed by atoms with Crippen LogP contribution in [0.5, 0.6) is 5.75 Å². The van der Waals surface area contributed by atoms with E-state index < -0.39 is 0 Å². The van der Waals surface area contributed by atoms with Crippen LogP contribution in [0.1, 0.15) is 23.1 Å². The van der Waals surface area contributed by atoms with Crippen LogP contribution in [-0.2, 0) is 13.1 Å². The summed E-state index contributed by atoms with van der Waals surface area (Å²) < 4.78 is 5.23. The van der Waals surface area contributed by atoms with E-state index in [4.69, 9.17) is 16.3 Å². The molecular weight excluding hydrogens is 400 g/mol. The third-order valence-corrected chi connectivity index (χ3v) is 5.70. The highest BCUT2D eigenvalue weighted by atomic mass is 35.5. The number of hydrogen-bond acceptors (Lipinski definition) is 6. The monoisotopic (exact) mass is 422 g/mol.